The zero-order valence-electron chi connectivity index (χ0n) is 8.63. The van der Waals surface area contributed by atoms with Crippen molar-refractivity contribution in [3.05, 3.63) is 0 Å². The highest BCUT2D eigenvalue weighted by Gasteiger charge is 2.40. The minimum Gasteiger partial charge on any atom is -0.481 e. The predicted molar refractivity (Wildman–Crippen MR) is 53.0 cm³/mol. The highest BCUT2D eigenvalue weighted by Crippen LogP contribution is 2.15. The van der Waals surface area contributed by atoms with Crippen LogP contribution < -0.4 is 6.15 Å². The van der Waals surface area contributed by atoms with E-state index in [0.29, 0.717) is 0 Å². The van der Waals surface area contributed by atoms with Crippen molar-refractivity contribution < 1.29 is 51.2 Å². The Bertz CT molecular complexity index is 235. The second-order valence-corrected chi connectivity index (χ2v) is 2.48. The molecule has 0 amide bonds. The quantitative estimate of drug-likeness (QED) is 0.330. The first-order valence-electron chi connectivity index (χ1n) is 3.17. The molecule has 0 saturated heterocycles. The second kappa shape index (κ2) is 10.7. The van der Waals surface area contributed by atoms with Gasteiger partial charge in [0.2, 0.25) is 0 Å². The first kappa shape index (κ1) is 29.5. The van der Waals surface area contributed by atoms with Gasteiger partial charge in [-0.2, -0.15) is 0 Å². The monoisotopic (exact) mass is 263 g/mol. The summed E-state index contributed by atoms with van der Waals surface area (Å²) in [6.45, 7) is 0. The van der Waals surface area contributed by atoms with Crippen LogP contribution in [-0.4, -0.2) is 60.4 Å². The van der Waals surface area contributed by atoms with E-state index < -0.39 is 36.4 Å². The molecule has 11 nitrogen and oxygen atoms in total. The average molecular weight is 263 g/mol. The molecule has 0 heterocycles. The third kappa shape index (κ3) is 10.5. The molecule has 0 aromatic carbocycles. The molecule has 0 spiro atoms. The maximum atomic E-state index is 10.3. The summed E-state index contributed by atoms with van der Waals surface area (Å²) in [5, 5.41) is 33.8. The highest BCUT2D eigenvalue weighted by atomic mass is 16.4. The predicted octanol–water partition coefficient (Wildman–Crippen LogP) is -3.56. The van der Waals surface area contributed by atoms with Gasteiger partial charge in [-0.1, -0.05) is 0 Å². The summed E-state index contributed by atoms with van der Waals surface area (Å²) >= 11 is 0. The SMILES string of the molecule is N.O.O.O.O=C(O)CC(O)(CC(=O)O)C(=O)O. The Morgan fingerprint density at radius 1 is 0.824 bits per heavy atom. The molecule has 0 aromatic heterocycles. The third-order valence-corrected chi connectivity index (χ3v) is 1.29. The molecule has 0 aromatic rings. The summed E-state index contributed by atoms with van der Waals surface area (Å²) < 4.78 is 0. The molecule has 17 heavy (non-hydrogen) atoms. The van der Waals surface area contributed by atoms with Gasteiger partial charge in [0.25, 0.3) is 0 Å². The lowest BCUT2D eigenvalue weighted by Gasteiger charge is -2.18. The van der Waals surface area contributed by atoms with E-state index in [1.165, 1.54) is 0 Å². The lowest BCUT2D eigenvalue weighted by molar-refractivity contribution is -0.170. The van der Waals surface area contributed by atoms with Crippen LogP contribution in [0, 0.1) is 0 Å². The second-order valence-electron chi connectivity index (χ2n) is 2.48. The van der Waals surface area contributed by atoms with Gasteiger partial charge in [-0.05, 0) is 0 Å². The summed E-state index contributed by atoms with van der Waals surface area (Å²) in [5.41, 5.74) is -2.74. The van der Waals surface area contributed by atoms with E-state index in [0.717, 1.165) is 0 Å². The Morgan fingerprint density at radius 3 is 1.18 bits per heavy atom. The van der Waals surface area contributed by atoms with E-state index in [1.54, 1.807) is 0 Å². The van der Waals surface area contributed by atoms with Gasteiger partial charge >= 0.3 is 17.9 Å². The first-order valence-corrected chi connectivity index (χ1v) is 3.17. The van der Waals surface area contributed by atoms with Crippen LogP contribution in [0.1, 0.15) is 12.8 Å². The Labute approximate surface area is 94.8 Å². The fourth-order valence-corrected chi connectivity index (χ4v) is 0.714. The Kier molecular flexibility index (Phi) is 18.6. The van der Waals surface area contributed by atoms with Crippen molar-refractivity contribution in [3.63, 3.8) is 0 Å². The van der Waals surface area contributed by atoms with Gasteiger partial charge in [-0.25, -0.2) is 4.79 Å². The molecule has 0 aliphatic carbocycles. The van der Waals surface area contributed by atoms with Crippen molar-refractivity contribution in [2.24, 2.45) is 0 Å². The van der Waals surface area contributed by atoms with Gasteiger partial charge in [0.1, 0.15) is 0 Å². The van der Waals surface area contributed by atoms with E-state index in [2.05, 4.69) is 0 Å². The fourth-order valence-electron chi connectivity index (χ4n) is 0.714. The number of hydrogen-bond donors (Lipinski definition) is 5. The number of carbonyl (C=O) groups is 3. The van der Waals surface area contributed by atoms with Gasteiger partial charge < -0.3 is 43.0 Å². The molecule has 0 aliphatic heterocycles. The molecule has 106 valence electrons. The Morgan fingerprint density at radius 2 is 1.06 bits per heavy atom. The van der Waals surface area contributed by atoms with E-state index in [9.17, 15) is 14.4 Å². The maximum absolute atomic E-state index is 10.3. The van der Waals surface area contributed by atoms with Crippen molar-refractivity contribution in [3.8, 4) is 0 Å². The van der Waals surface area contributed by atoms with Gasteiger partial charge in [0, 0.05) is 0 Å². The molecule has 0 aliphatic rings. The van der Waals surface area contributed by atoms with E-state index in [1.807, 2.05) is 0 Å². The summed E-state index contributed by atoms with van der Waals surface area (Å²) in [6, 6.07) is 0. The fraction of sp³-hybridized carbons (Fsp3) is 0.500. The minimum absolute atomic E-state index is 0. The van der Waals surface area contributed by atoms with Gasteiger partial charge in [-0.15, -0.1) is 0 Å². The van der Waals surface area contributed by atoms with Crippen molar-refractivity contribution in [1.29, 1.82) is 0 Å². The zero-order valence-corrected chi connectivity index (χ0v) is 8.63. The molecule has 0 atom stereocenters. The van der Waals surface area contributed by atoms with Crippen molar-refractivity contribution in [2.45, 2.75) is 18.4 Å². The minimum atomic E-state index is -2.74. The zero-order chi connectivity index (χ0) is 10.6. The summed E-state index contributed by atoms with van der Waals surface area (Å²) in [7, 11) is 0. The largest absolute Gasteiger partial charge is 0.481 e. The topological polar surface area (TPSA) is 262 Å². The lowest BCUT2D eigenvalue weighted by atomic mass is 9.96. The van der Waals surface area contributed by atoms with Crippen molar-refractivity contribution >= 4 is 17.9 Å². The summed E-state index contributed by atoms with van der Waals surface area (Å²) in [6.07, 6.45) is -2.29. The molecule has 0 saturated carbocycles. The van der Waals surface area contributed by atoms with Gasteiger partial charge in [0.15, 0.2) is 5.60 Å². The number of hydrogen-bond acceptors (Lipinski definition) is 5. The average Bonchev–Trinajstić information content (AvgIpc) is 1.82. The van der Waals surface area contributed by atoms with Crippen molar-refractivity contribution in [2.75, 3.05) is 0 Å². The van der Waals surface area contributed by atoms with Crippen LogP contribution in [0.4, 0.5) is 0 Å². The molecular formula is C6H17NO10. The molecule has 13 N–H and O–H groups in total. The van der Waals surface area contributed by atoms with Crippen LogP contribution in [-0.2, 0) is 14.4 Å². The molecule has 0 radical (unpaired) electrons. The van der Waals surface area contributed by atoms with Crippen LogP contribution >= 0.6 is 0 Å². The number of carboxylic acids is 3. The van der Waals surface area contributed by atoms with E-state index >= 15 is 0 Å². The van der Waals surface area contributed by atoms with Crippen LogP contribution in [0.2, 0.25) is 0 Å². The Balaban J connectivity index is -0.000000120. The van der Waals surface area contributed by atoms with E-state index in [-0.39, 0.29) is 22.6 Å². The van der Waals surface area contributed by atoms with E-state index in [4.69, 9.17) is 20.4 Å². The molecular weight excluding hydrogens is 246 g/mol. The number of aliphatic carboxylic acids is 3. The first-order chi connectivity index (χ1) is 5.78. The molecule has 0 fully saturated rings. The van der Waals surface area contributed by atoms with Crippen LogP contribution in [0.3, 0.4) is 0 Å². The van der Waals surface area contributed by atoms with Crippen LogP contribution in [0.5, 0.6) is 0 Å². The molecule has 0 bridgehead atoms. The maximum Gasteiger partial charge on any atom is 0.336 e. The summed E-state index contributed by atoms with van der Waals surface area (Å²) in [5.74, 6) is -5.02. The van der Waals surface area contributed by atoms with Crippen molar-refractivity contribution in [1.82, 2.24) is 6.15 Å². The lowest BCUT2D eigenvalue weighted by Crippen LogP contribution is -2.42. The number of carboxylic acid groups (broad SMARTS) is 3. The highest BCUT2D eigenvalue weighted by molar-refractivity contribution is 5.88. The smallest absolute Gasteiger partial charge is 0.336 e. The van der Waals surface area contributed by atoms with Crippen LogP contribution in [0.25, 0.3) is 0 Å². The number of aliphatic hydroxyl groups is 1. The molecule has 0 rings (SSSR count). The standard InChI is InChI=1S/C6H8O7.H3N.3H2O/c7-3(8)1-6(13,5(11)12)2-4(9)10;;;;/h13H,1-2H2,(H,7,8)(H,9,10)(H,11,12);1H3;3*1H2. The van der Waals surface area contributed by atoms with Gasteiger partial charge in [0.05, 0.1) is 12.8 Å². The Hall–Kier alpha value is -1.79. The van der Waals surface area contributed by atoms with Crippen LogP contribution in [0.15, 0.2) is 0 Å². The van der Waals surface area contributed by atoms with Gasteiger partial charge in [-0.3, -0.25) is 9.59 Å². The third-order valence-electron chi connectivity index (χ3n) is 1.29. The number of rotatable bonds is 5. The molecule has 0 unspecified atom stereocenters. The molecule has 11 heteroatoms. The summed E-state index contributed by atoms with van der Waals surface area (Å²) in [4.78, 5) is 30.5. The normalized spacial score (nSPS) is 8.29.